The predicted octanol–water partition coefficient (Wildman–Crippen LogP) is 4.52. The number of amides is 1. The van der Waals surface area contributed by atoms with Crippen LogP contribution in [0.1, 0.15) is 37.6 Å². The molecule has 1 aromatic carbocycles. The molecule has 0 saturated heterocycles. The van der Waals surface area contributed by atoms with Crippen LogP contribution < -0.4 is 5.32 Å². The lowest BCUT2D eigenvalue weighted by Gasteiger charge is -2.22. The number of rotatable bonds is 4. The molecule has 0 aliphatic carbocycles. The highest BCUT2D eigenvalue weighted by atomic mass is 79.9. The predicted molar refractivity (Wildman–Crippen MR) is 83.2 cm³/mol. The van der Waals surface area contributed by atoms with Crippen LogP contribution in [-0.2, 0) is 0 Å². The number of benzene rings is 1. The fourth-order valence-electron chi connectivity index (χ4n) is 1.73. The fourth-order valence-corrected chi connectivity index (χ4v) is 3.33. The smallest absolute Gasteiger partial charge is 0.251 e. The van der Waals surface area contributed by atoms with Crippen molar-refractivity contribution < 1.29 is 9.18 Å². The largest absolute Gasteiger partial charge is 0.351 e. The number of hydrogen-bond donors (Lipinski definition) is 1. The van der Waals surface area contributed by atoms with Crippen molar-refractivity contribution in [2.45, 2.75) is 32.0 Å². The zero-order chi connectivity index (χ0) is 14.6. The third-order valence-corrected chi connectivity index (χ3v) is 3.55. The maximum absolute atomic E-state index is 13.2. The Morgan fingerprint density at radius 1 is 1.37 bits per heavy atom. The first-order chi connectivity index (χ1) is 8.67. The number of carbonyl (C=O) groups is 1. The van der Waals surface area contributed by atoms with Gasteiger partial charge in [-0.05, 0) is 30.0 Å². The Kier molecular flexibility index (Phi) is 5.99. The molecule has 0 aliphatic heterocycles. The molecule has 0 bridgehead atoms. The molecule has 0 saturated carbocycles. The Bertz CT molecular complexity index is 437. The minimum Gasteiger partial charge on any atom is -0.351 e. The Labute approximate surface area is 130 Å². The van der Waals surface area contributed by atoms with Gasteiger partial charge in [-0.3, -0.25) is 4.79 Å². The number of nitrogens with one attached hydrogen (secondary N) is 1. The van der Waals surface area contributed by atoms with Gasteiger partial charge in [0.25, 0.3) is 5.91 Å². The van der Waals surface area contributed by atoms with E-state index in [1.165, 1.54) is 12.1 Å². The van der Waals surface area contributed by atoms with Gasteiger partial charge in [-0.2, -0.15) is 0 Å². The zero-order valence-corrected chi connectivity index (χ0v) is 14.4. The van der Waals surface area contributed by atoms with Crippen LogP contribution in [0.4, 0.5) is 4.39 Å². The summed E-state index contributed by atoms with van der Waals surface area (Å²) in [6.07, 6.45) is 0.945. The average Bonchev–Trinajstić information content (AvgIpc) is 2.22. The summed E-state index contributed by atoms with van der Waals surface area (Å²) in [5, 5.41) is 2.80. The molecule has 2 nitrogen and oxygen atoms in total. The summed E-state index contributed by atoms with van der Waals surface area (Å²) in [4.78, 5) is 12.1. The number of carbonyl (C=O) groups excluding carboxylic acids is 1. The van der Waals surface area contributed by atoms with Gasteiger partial charge in [0.2, 0.25) is 0 Å². The maximum Gasteiger partial charge on any atom is 0.251 e. The quantitative estimate of drug-likeness (QED) is 0.747. The van der Waals surface area contributed by atoms with Crippen LogP contribution in [0.3, 0.4) is 0 Å². The Hall–Kier alpha value is -0.420. The van der Waals surface area contributed by atoms with Gasteiger partial charge < -0.3 is 5.32 Å². The average molecular weight is 395 g/mol. The molecule has 0 fully saturated rings. The van der Waals surface area contributed by atoms with Crippen molar-refractivity contribution in [2.75, 3.05) is 6.54 Å². The summed E-state index contributed by atoms with van der Waals surface area (Å²) in [7, 11) is 0. The summed E-state index contributed by atoms with van der Waals surface area (Å²) in [5.41, 5.74) is 0.517. The van der Waals surface area contributed by atoms with E-state index in [9.17, 15) is 9.18 Å². The molecule has 0 aromatic heterocycles. The van der Waals surface area contributed by atoms with Gasteiger partial charge in [0.05, 0.1) is 0 Å². The minimum atomic E-state index is -0.426. The molecule has 0 radical (unpaired) electrons. The Balaban J connectivity index is 2.56. The zero-order valence-electron chi connectivity index (χ0n) is 11.3. The summed E-state index contributed by atoms with van der Waals surface area (Å²) >= 11 is 6.72. The van der Waals surface area contributed by atoms with Crippen molar-refractivity contribution in [3.05, 3.63) is 34.1 Å². The molecule has 1 aromatic rings. The van der Waals surface area contributed by atoms with Crippen molar-refractivity contribution in [3.8, 4) is 0 Å². The molecule has 1 amide bonds. The summed E-state index contributed by atoms with van der Waals surface area (Å²) < 4.78 is 13.7. The van der Waals surface area contributed by atoms with Crippen LogP contribution in [-0.4, -0.2) is 17.3 Å². The van der Waals surface area contributed by atoms with Crippen LogP contribution in [0.5, 0.6) is 0 Å². The Morgan fingerprint density at radius 2 is 2.00 bits per heavy atom. The Morgan fingerprint density at radius 3 is 2.53 bits per heavy atom. The van der Waals surface area contributed by atoms with Crippen molar-refractivity contribution in [2.24, 2.45) is 5.41 Å². The van der Waals surface area contributed by atoms with E-state index in [4.69, 9.17) is 0 Å². The molecule has 1 N–H and O–H groups in total. The third kappa shape index (κ3) is 6.52. The number of alkyl halides is 1. The highest BCUT2D eigenvalue weighted by molar-refractivity contribution is 9.10. The van der Waals surface area contributed by atoms with E-state index in [1.807, 2.05) is 0 Å². The molecular weight excluding hydrogens is 377 g/mol. The minimum absolute atomic E-state index is 0.195. The first-order valence-corrected chi connectivity index (χ1v) is 7.76. The lowest BCUT2D eigenvalue weighted by Crippen LogP contribution is -2.31. The first-order valence-electron chi connectivity index (χ1n) is 6.06. The SMILES string of the molecule is CC(C)(C)CC(Br)CNC(=O)c1cc(F)cc(Br)c1. The first kappa shape index (κ1) is 16.6. The second-order valence-electron chi connectivity index (χ2n) is 5.73. The van der Waals surface area contributed by atoms with Crippen LogP contribution >= 0.6 is 31.9 Å². The topological polar surface area (TPSA) is 29.1 Å². The molecular formula is C14H18Br2FNO. The standard InChI is InChI=1S/C14H18Br2FNO/c1-14(2,3)7-11(16)8-18-13(19)9-4-10(15)6-12(17)5-9/h4-6,11H,7-8H2,1-3H3,(H,18,19). The molecule has 106 valence electrons. The molecule has 1 rings (SSSR count). The summed E-state index contributed by atoms with van der Waals surface area (Å²) in [6, 6.07) is 4.15. The van der Waals surface area contributed by atoms with Gasteiger partial charge in [-0.1, -0.05) is 52.6 Å². The van der Waals surface area contributed by atoms with Crippen LogP contribution in [0, 0.1) is 11.2 Å². The van der Waals surface area contributed by atoms with Gasteiger partial charge in [0, 0.05) is 21.4 Å². The van der Waals surface area contributed by atoms with Gasteiger partial charge in [-0.15, -0.1) is 0 Å². The van der Waals surface area contributed by atoms with E-state index in [0.29, 0.717) is 16.6 Å². The van der Waals surface area contributed by atoms with Gasteiger partial charge in [0.1, 0.15) is 5.82 Å². The van der Waals surface area contributed by atoms with Crippen molar-refractivity contribution in [1.29, 1.82) is 0 Å². The number of hydrogen-bond acceptors (Lipinski definition) is 1. The van der Waals surface area contributed by atoms with E-state index < -0.39 is 5.82 Å². The van der Waals surface area contributed by atoms with Crippen LogP contribution in [0.15, 0.2) is 22.7 Å². The molecule has 19 heavy (non-hydrogen) atoms. The van der Waals surface area contributed by atoms with Gasteiger partial charge in [0.15, 0.2) is 0 Å². The highest BCUT2D eigenvalue weighted by Gasteiger charge is 2.17. The number of halogens is 3. The second kappa shape index (κ2) is 6.84. The van der Waals surface area contributed by atoms with E-state index in [1.54, 1.807) is 6.07 Å². The summed E-state index contributed by atoms with van der Waals surface area (Å²) in [5.74, 6) is -0.692. The highest BCUT2D eigenvalue weighted by Crippen LogP contribution is 2.24. The van der Waals surface area contributed by atoms with Gasteiger partial charge >= 0.3 is 0 Å². The lowest BCUT2D eigenvalue weighted by atomic mass is 9.90. The fraction of sp³-hybridized carbons (Fsp3) is 0.500. The van der Waals surface area contributed by atoms with E-state index in [0.717, 1.165) is 6.42 Å². The van der Waals surface area contributed by atoms with Crippen molar-refractivity contribution in [3.63, 3.8) is 0 Å². The molecule has 5 heteroatoms. The van der Waals surface area contributed by atoms with Crippen molar-refractivity contribution in [1.82, 2.24) is 5.32 Å². The lowest BCUT2D eigenvalue weighted by molar-refractivity contribution is 0.0952. The van der Waals surface area contributed by atoms with E-state index >= 15 is 0 Å². The maximum atomic E-state index is 13.2. The molecule has 0 aliphatic rings. The normalized spacial score (nSPS) is 13.2. The molecule has 1 atom stereocenters. The van der Waals surface area contributed by atoms with Crippen molar-refractivity contribution >= 4 is 37.8 Å². The van der Waals surface area contributed by atoms with Crippen LogP contribution in [0.2, 0.25) is 0 Å². The van der Waals surface area contributed by atoms with Crippen LogP contribution in [0.25, 0.3) is 0 Å². The monoisotopic (exact) mass is 393 g/mol. The second-order valence-corrected chi connectivity index (χ2v) is 7.94. The third-order valence-electron chi connectivity index (χ3n) is 2.44. The molecule has 0 spiro atoms. The summed E-state index contributed by atoms with van der Waals surface area (Å²) in [6.45, 7) is 6.95. The molecule has 0 heterocycles. The van der Waals surface area contributed by atoms with E-state index in [2.05, 4.69) is 57.9 Å². The molecule has 1 unspecified atom stereocenters. The van der Waals surface area contributed by atoms with E-state index in [-0.39, 0.29) is 16.1 Å². The van der Waals surface area contributed by atoms with Gasteiger partial charge in [-0.25, -0.2) is 4.39 Å².